The summed E-state index contributed by atoms with van der Waals surface area (Å²) in [6.07, 6.45) is 5.99. The van der Waals surface area contributed by atoms with Crippen molar-refractivity contribution in [3.8, 4) is 23.1 Å². The van der Waals surface area contributed by atoms with Crippen molar-refractivity contribution in [2.75, 3.05) is 26.3 Å². The number of benzene rings is 1. The molecule has 0 unspecified atom stereocenters. The van der Waals surface area contributed by atoms with Crippen LogP contribution in [0.5, 0.6) is 0 Å². The molecule has 9 heteroatoms. The molecule has 1 fully saturated rings. The normalized spacial score (nSPS) is 13.7. The van der Waals surface area contributed by atoms with Crippen LogP contribution in [-0.4, -0.2) is 68.6 Å². The molecule has 9 nitrogen and oxygen atoms in total. The lowest BCUT2D eigenvalue weighted by atomic mass is 10.1. The Morgan fingerprint density at radius 3 is 2.68 bits per heavy atom. The van der Waals surface area contributed by atoms with E-state index in [1.165, 1.54) is 6.21 Å². The summed E-state index contributed by atoms with van der Waals surface area (Å²) in [7, 11) is 0. The van der Waals surface area contributed by atoms with Crippen molar-refractivity contribution in [3.05, 3.63) is 77.7 Å². The van der Waals surface area contributed by atoms with Crippen LogP contribution in [0.25, 0.3) is 16.9 Å². The molecule has 3 aromatic heterocycles. The van der Waals surface area contributed by atoms with Crippen LogP contribution >= 0.6 is 0 Å². The van der Waals surface area contributed by atoms with Crippen LogP contribution < -0.4 is 0 Å². The highest BCUT2D eigenvalue weighted by Gasteiger charge is 2.18. The quantitative estimate of drug-likeness (QED) is 0.312. The first-order chi connectivity index (χ1) is 18.6. The summed E-state index contributed by atoms with van der Waals surface area (Å²) in [5.41, 5.74) is 5.31. The van der Waals surface area contributed by atoms with E-state index in [4.69, 9.17) is 15.2 Å². The van der Waals surface area contributed by atoms with E-state index in [0.717, 1.165) is 29.0 Å². The van der Waals surface area contributed by atoms with E-state index < -0.39 is 0 Å². The van der Waals surface area contributed by atoms with Crippen molar-refractivity contribution in [1.29, 1.82) is 5.41 Å². The fourth-order valence-corrected chi connectivity index (χ4v) is 4.09. The predicted molar refractivity (Wildman–Crippen MR) is 146 cm³/mol. The summed E-state index contributed by atoms with van der Waals surface area (Å²) in [4.78, 5) is 27.8. The second-order valence-electron chi connectivity index (χ2n) is 8.71. The number of nitrogens with one attached hydrogen (secondary N) is 1. The largest absolute Gasteiger partial charge is 0.378 e. The molecule has 1 saturated heterocycles. The van der Waals surface area contributed by atoms with Crippen molar-refractivity contribution >= 4 is 29.3 Å². The van der Waals surface area contributed by atoms with Crippen LogP contribution in [0.2, 0.25) is 0 Å². The molecular weight excluding hydrogens is 478 g/mol. The number of nitrogens with zero attached hydrogens (tertiary/aromatic N) is 6. The Kier molecular flexibility index (Phi) is 7.62. The summed E-state index contributed by atoms with van der Waals surface area (Å²) in [5, 5.41) is 12.1. The molecule has 38 heavy (non-hydrogen) atoms. The molecule has 0 bridgehead atoms. The second kappa shape index (κ2) is 11.6. The minimum atomic E-state index is 0.0148. The number of carbonyl (C=O) groups is 1. The number of morpholine rings is 1. The number of carbonyl (C=O) groups excluding carboxylic acids is 1. The van der Waals surface area contributed by atoms with Gasteiger partial charge in [0.15, 0.2) is 11.5 Å². The smallest absolute Gasteiger partial charge is 0.254 e. The van der Waals surface area contributed by atoms with Gasteiger partial charge in [-0.25, -0.2) is 19.5 Å². The van der Waals surface area contributed by atoms with Crippen LogP contribution in [0.4, 0.5) is 5.82 Å². The molecule has 4 heterocycles. The minimum Gasteiger partial charge on any atom is -0.378 e. The van der Waals surface area contributed by atoms with Crippen LogP contribution in [-0.2, 0) is 4.74 Å². The van der Waals surface area contributed by atoms with Gasteiger partial charge in [-0.05, 0) is 48.7 Å². The van der Waals surface area contributed by atoms with Crippen molar-refractivity contribution in [1.82, 2.24) is 24.5 Å². The molecule has 0 spiro atoms. The third kappa shape index (κ3) is 5.66. The molecule has 1 aromatic carbocycles. The Labute approximate surface area is 220 Å². The standard InChI is InChI=1S/C29H27N7O2/c1-2-24(11-13-30)33-27-19-21(12-14-31-27)3-8-25-20-32-28-10-9-26(34-36(25)28)22-4-6-23(7-5-22)29(37)35-15-17-38-18-16-35/h4-7,9-10,12-14,19-20,30H,2,11,15-18H2,1H3. The molecule has 0 saturated carbocycles. The number of fused-ring (bicyclic) bond motifs is 1. The number of amides is 1. The van der Waals surface area contributed by atoms with Crippen LogP contribution in [0.1, 0.15) is 41.4 Å². The highest BCUT2D eigenvalue weighted by molar-refractivity contribution is 5.96. The van der Waals surface area contributed by atoms with Crippen LogP contribution in [0.3, 0.4) is 0 Å². The van der Waals surface area contributed by atoms with Crippen LogP contribution in [0.15, 0.2) is 65.9 Å². The molecule has 0 radical (unpaired) electrons. The monoisotopic (exact) mass is 505 g/mol. The van der Waals surface area contributed by atoms with E-state index in [0.29, 0.717) is 55.4 Å². The topological polar surface area (TPSA) is 109 Å². The highest BCUT2D eigenvalue weighted by atomic mass is 16.5. The molecule has 5 rings (SSSR count). The average molecular weight is 506 g/mol. The van der Waals surface area contributed by atoms with Crippen molar-refractivity contribution < 1.29 is 9.53 Å². The zero-order chi connectivity index (χ0) is 26.3. The maximum atomic E-state index is 12.7. The predicted octanol–water partition coefficient (Wildman–Crippen LogP) is 4.19. The summed E-state index contributed by atoms with van der Waals surface area (Å²) in [5.74, 6) is 6.90. The lowest BCUT2D eigenvalue weighted by Crippen LogP contribution is -2.40. The Bertz CT molecular complexity index is 1560. The molecule has 0 atom stereocenters. The van der Waals surface area contributed by atoms with Gasteiger partial charge in [-0.2, -0.15) is 5.10 Å². The SMILES string of the molecule is CCC(CC=N)=Nc1cc(C#Cc2cnc3ccc(-c4ccc(C(=O)N5CCOCC5)cc4)nn23)ccn1. The first kappa shape index (κ1) is 25.0. The number of aliphatic imine (C=N–C) groups is 1. The first-order valence-corrected chi connectivity index (χ1v) is 12.5. The molecule has 4 aromatic rings. The van der Waals surface area contributed by atoms with E-state index in [9.17, 15) is 4.79 Å². The average Bonchev–Trinajstić information content (AvgIpc) is 3.38. The molecule has 1 amide bonds. The van der Waals surface area contributed by atoms with E-state index in [-0.39, 0.29) is 5.91 Å². The summed E-state index contributed by atoms with van der Waals surface area (Å²) in [6.45, 7) is 4.39. The van der Waals surface area contributed by atoms with Crippen molar-refractivity contribution in [3.63, 3.8) is 0 Å². The fraction of sp³-hybridized carbons (Fsp3) is 0.241. The lowest BCUT2D eigenvalue weighted by molar-refractivity contribution is 0.0303. The number of hydrogen-bond donors (Lipinski definition) is 1. The van der Waals surface area contributed by atoms with Gasteiger partial charge in [0.2, 0.25) is 0 Å². The van der Waals surface area contributed by atoms with Crippen molar-refractivity contribution in [2.24, 2.45) is 4.99 Å². The van der Waals surface area contributed by atoms with E-state index in [1.54, 1.807) is 16.9 Å². The minimum absolute atomic E-state index is 0.0148. The van der Waals surface area contributed by atoms with Gasteiger partial charge < -0.3 is 15.0 Å². The first-order valence-electron chi connectivity index (χ1n) is 12.5. The Morgan fingerprint density at radius 2 is 1.92 bits per heavy atom. The van der Waals surface area contributed by atoms with Gasteiger partial charge in [-0.15, -0.1) is 0 Å². The molecule has 1 aliphatic heterocycles. The van der Waals surface area contributed by atoms with E-state index in [1.807, 2.05) is 60.4 Å². The Balaban J connectivity index is 1.38. The zero-order valence-corrected chi connectivity index (χ0v) is 21.1. The third-order valence-electron chi connectivity index (χ3n) is 6.19. The summed E-state index contributed by atoms with van der Waals surface area (Å²) >= 11 is 0. The summed E-state index contributed by atoms with van der Waals surface area (Å²) in [6, 6.07) is 15.0. The molecule has 1 aliphatic rings. The maximum Gasteiger partial charge on any atom is 0.254 e. The molecule has 190 valence electrons. The lowest BCUT2D eigenvalue weighted by Gasteiger charge is -2.26. The third-order valence-corrected chi connectivity index (χ3v) is 6.19. The number of ether oxygens (including phenoxy) is 1. The van der Waals surface area contributed by atoms with Gasteiger partial charge in [0.1, 0.15) is 5.69 Å². The number of aromatic nitrogens is 4. The maximum absolute atomic E-state index is 12.7. The van der Waals surface area contributed by atoms with Gasteiger partial charge in [0, 0.05) is 54.3 Å². The number of pyridine rings is 1. The van der Waals surface area contributed by atoms with Gasteiger partial charge >= 0.3 is 0 Å². The number of rotatable bonds is 6. The summed E-state index contributed by atoms with van der Waals surface area (Å²) < 4.78 is 7.06. The van der Waals surface area contributed by atoms with E-state index >= 15 is 0 Å². The highest BCUT2D eigenvalue weighted by Crippen LogP contribution is 2.20. The fourth-order valence-electron chi connectivity index (χ4n) is 4.09. The molecule has 0 aliphatic carbocycles. The number of imidazole rings is 1. The van der Waals surface area contributed by atoms with Gasteiger partial charge in [-0.3, -0.25) is 4.79 Å². The molecule has 1 N–H and O–H groups in total. The zero-order valence-electron chi connectivity index (χ0n) is 21.1. The van der Waals surface area contributed by atoms with Crippen LogP contribution in [0, 0.1) is 17.3 Å². The molecular formula is C29H27N7O2. The Morgan fingerprint density at radius 1 is 1.11 bits per heavy atom. The van der Waals surface area contributed by atoms with Gasteiger partial charge in [0.05, 0.1) is 25.1 Å². The number of hydrogen-bond acceptors (Lipinski definition) is 7. The van der Waals surface area contributed by atoms with E-state index in [2.05, 4.69) is 26.8 Å². The van der Waals surface area contributed by atoms with Crippen molar-refractivity contribution in [2.45, 2.75) is 19.8 Å². The second-order valence-corrected chi connectivity index (χ2v) is 8.71. The van der Waals surface area contributed by atoms with Gasteiger partial charge in [0.25, 0.3) is 5.91 Å². The van der Waals surface area contributed by atoms with Gasteiger partial charge in [-0.1, -0.05) is 25.0 Å². The Hall–Kier alpha value is -4.68.